The van der Waals surface area contributed by atoms with Gasteiger partial charge in [-0.25, -0.2) is 5.10 Å². The Hall–Kier alpha value is -3.13. The highest BCUT2D eigenvalue weighted by Gasteiger charge is 2.08. The first-order chi connectivity index (χ1) is 11.6. The van der Waals surface area contributed by atoms with Crippen molar-refractivity contribution in [3.8, 4) is 28.6 Å². The molecule has 0 bridgehead atoms. The fraction of sp³-hybridized carbons (Fsp3) is 0.0625. The third kappa shape index (κ3) is 3.13. The monoisotopic (exact) mass is 342 g/mol. The second-order valence-electron chi connectivity index (χ2n) is 4.88. The number of aromatic amines is 1. The average Bonchev–Trinajstić information content (AvgIpc) is 2.95. The highest BCUT2D eigenvalue weighted by atomic mass is 32.1. The number of H-pyrrole nitrogens is 1. The van der Waals surface area contributed by atoms with E-state index in [9.17, 15) is 10.2 Å². The standard InChI is InChI=1S/C16H14N4O3S/c1-23-13-6-3-10(4-7-13)15-18-19-16(24)20(15)17-9-11-2-5-12(21)8-14(11)22/h2-9,21-22H,1H3,(H,19,24). The van der Waals surface area contributed by atoms with Crippen LogP contribution in [-0.2, 0) is 0 Å². The summed E-state index contributed by atoms with van der Waals surface area (Å²) in [5, 5.41) is 30.3. The minimum absolute atomic E-state index is 0.0245. The van der Waals surface area contributed by atoms with Crippen LogP contribution in [0, 0.1) is 4.77 Å². The minimum Gasteiger partial charge on any atom is -0.508 e. The summed E-state index contributed by atoms with van der Waals surface area (Å²) in [6, 6.07) is 11.5. The zero-order valence-corrected chi connectivity index (χ0v) is 13.5. The summed E-state index contributed by atoms with van der Waals surface area (Å²) in [5.74, 6) is 1.15. The Labute approximate surface area is 142 Å². The molecule has 3 rings (SSSR count). The Kier molecular flexibility index (Phi) is 4.30. The molecule has 122 valence electrons. The Bertz CT molecular complexity index is 945. The molecule has 0 aliphatic carbocycles. The van der Waals surface area contributed by atoms with Gasteiger partial charge in [0.15, 0.2) is 5.82 Å². The van der Waals surface area contributed by atoms with Crippen LogP contribution in [0.2, 0.25) is 0 Å². The third-order valence-corrected chi connectivity index (χ3v) is 3.59. The number of nitrogens with zero attached hydrogens (tertiary/aromatic N) is 3. The van der Waals surface area contributed by atoms with Crippen LogP contribution in [0.15, 0.2) is 47.6 Å². The van der Waals surface area contributed by atoms with Crippen LogP contribution < -0.4 is 4.74 Å². The van der Waals surface area contributed by atoms with E-state index in [1.165, 1.54) is 23.0 Å². The van der Waals surface area contributed by atoms with Gasteiger partial charge in [-0.15, -0.1) is 0 Å². The van der Waals surface area contributed by atoms with Gasteiger partial charge < -0.3 is 14.9 Å². The predicted octanol–water partition coefficient (Wildman–Crippen LogP) is 2.91. The Morgan fingerprint density at radius 3 is 2.62 bits per heavy atom. The van der Waals surface area contributed by atoms with Crippen molar-refractivity contribution >= 4 is 18.4 Å². The predicted molar refractivity (Wildman–Crippen MR) is 92.2 cm³/mol. The Morgan fingerprint density at radius 2 is 1.96 bits per heavy atom. The molecule has 7 nitrogen and oxygen atoms in total. The lowest BCUT2D eigenvalue weighted by Crippen LogP contribution is -1.95. The lowest BCUT2D eigenvalue weighted by atomic mass is 10.2. The van der Waals surface area contributed by atoms with E-state index in [0.717, 1.165) is 11.3 Å². The molecule has 0 aliphatic rings. The minimum atomic E-state index is -0.0836. The van der Waals surface area contributed by atoms with Crippen molar-refractivity contribution in [1.29, 1.82) is 0 Å². The molecule has 0 aliphatic heterocycles. The average molecular weight is 342 g/mol. The Morgan fingerprint density at radius 1 is 1.21 bits per heavy atom. The molecular formula is C16H14N4O3S. The number of benzene rings is 2. The van der Waals surface area contributed by atoms with E-state index in [-0.39, 0.29) is 11.5 Å². The molecule has 1 aromatic heterocycles. The molecule has 0 saturated heterocycles. The summed E-state index contributed by atoms with van der Waals surface area (Å²) in [6.45, 7) is 0. The molecule has 0 atom stereocenters. The van der Waals surface area contributed by atoms with E-state index in [4.69, 9.17) is 17.0 Å². The van der Waals surface area contributed by atoms with Crippen molar-refractivity contribution in [3.63, 3.8) is 0 Å². The first-order valence-corrected chi connectivity index (χ1v) is 7.37. The third-order valence-electron chi connectivity index (χ3n) is 3.32. The van der Waals surface area contributed by atoms with Gasteiger partial charge in [-0.3, -0.25) is 0 Å². The van der Waals surface area contributed by atoms with Crippen LogP contribution in [-0.4, -0.2) is 38.4 Å². The van der Waals surface area contributed by atoms with Crippen LogP contribution in [0.3, 0.4) is 0 Å². The van der Waals surface area contributed by atoms with Crippen molar-refractivity contribution < 1.29 is 14.9 Å². The number of aromatic hydroxyl groups is 2. The van der Waals surface area contributed by atoms with Gasteiger partial charge in [0.05, 0.1) is 13.3 Å². The normalized spacial score (nSPS) is 11.0. The number of hydrogen-bond acceptors (Lipinski definition) is 6. The fourth-order valence-electron chi connectivity index (χ4n) is 2.09. The van der Waals surface area contributed by atoms with Gasteiger partial charge in [0.1, 0.15) is 17.2 Å². The molecule has 2 aromatic carbocycles. The summed E-state index contributed by atoms with van der Waals surface area (Å²) in [5.41, 5.74) is 1.24. The number of ether oxygens (including phenoxy) is 1. The summed E-state index contributed by atoms with van der Waals surface area (Å²) < 4.78 is 6.90. The van der Waals surface area contributed by atoms with Crippen LogP contribution in [0.25, 0.3) is 11.4 Å². The molecule has 24 heavy (non-hydrogen) atoms. The van der Waals surface area contributed by atoms with E-state index in [1.807, 2.05) is 24.3 Å². The van der Waals surface area contributed by atoms with Crippen molar-refractivity contribution in [3.05, 3.63) is 52.8 Å². The van der Waals surface area contributed by atoms with Gasteiger partial charge in [-0.05, 0) is 48.6 Å². The van der Waals surface area contributed by atoms with Crippen molar-refractivity contribution in [2.24, 2.45) is 5.10 Å². The Balaban J connectivity index is 1.98. The fourth-order valence-corrected chi connectivity index (χ4v) is 2.27. The summed E-state index contributed by atoms with van der Waals surface area (Å²) >= 11 is 5.19. The smallest absolute Gasteiger partial charge is 0.216 e. The lowest BCUT2D eigenvalue weighted by molar-refractivity contribution is 0.415. The molecule has 0 saturated carbocycles. The number of methoxy groups -OCH3 is 1. The van der Waals surface area contributed by atoms with Crippen molar-refractivity contribution in [2.75, 3.05) is 7.11 Å². The molecule has 8 heteroatoms. The number of hydrogen-bond donors (Lipinski definition) is 3. The number of phenols is 2. The highest BCUT2D eigenvalue weighted by molar-refractivity contribution is 7.71. The van der Waals surface area contributed by atoms with E-state index < -0.39 is 0 Å². The number of phenolic OH excluding ortho intramolecular Hbond substituents is 2. The molecule has 0 amide bonds. The highest BCUT2D eigenvalue weighted by Crippen LogP contribution is 2.23. The largest absolute Gasteiger partial charge is 0.508 e. The van der Waals surface area contributed by atoms with Gasteiger partial charge in [0.2, 0.25) is 4.77 Å². The summed E-state index contributed by atoms with van der Waals surface area (Å²) in [4.78, 5) is 0. The van der Waals surface area contributed by atoms with E-state index in [2.05, 4.69) is 15.3 Å². The van der Waals surface area contributed by atoms with Crippen molar-refractivity contribution in [1.82, 2.24) is 14.9 Å². The molecule has 3 aromatic rings. The first-order valence-electron chi connectivity index (χ1n) is 6.96. The SMILES string of the molecule is COc1ccc(-c2n[nH]c(=S)n2N=Cc2ccc(O)cc2O)cc1. The van der Waals surface area contributed by atoms with Gasteiger partial charge in [-0.1, -0.05) is 0 Å². The quantitative estimate of drug-likeness (QED) is 0.500. The van der Waals surface area contributed by atoms with Crippen LogP contribution in [0.1, 0.15) is 5.56 Å². The van der Waals surface area contributed by atoms with E-state index in [0.29, 0.717) is 16.2 Å². The maximum atomic E-state index is 9.81. The first kappa shape index (κ1) is 15.8. The molecular weight excluding hydrogens is 328 g/mol. The number of nitrogens with one attached hydrogen (secondary N) is 1. The van der Waals surface area contributed by atoms with E-state index in [1.54, 1.807) is 13.2 Å². The molecule has 0 unspecified atom stereocenters. The molecule has 0 radical (unpaired) electrons. The summed E-state index contributed by atoms with van der Waals surface area (Å²) in [6.07, 6.45) is 1.44. The second-order valence-corrected chi connectivity index (χ2v) is 5.27. The van der Waals surface area contributed by atoms with Gasteiger partial charge >= 0.3 is 0 Å². The van der Waals surface area contributed by atoms with Crippen LogP contribution in [0.5, 0.6) is 17.2 Å². The second kappa shape index (κ2) is 6.55. The maximum absolute atomic E-state index is 9.81. The lowest BCUT2D eigenvalue weighted by Gasteiger charge is -2.03. The van der Waals surface area contributed by atoms with Gasteiger partial charge in [0.25, 0.3) is 0 Å². The maximum Gasteiger partial charge on any atom is 0.216 e. The summed E-state index contributed by atoms with van der Waals surface area (Å²) in [7, 11) is 1.60. The van der Waals surface area contributed by atoms with Crippen LogP contribution in [0.4, 0.5) is 0 Å². The molecule has 1 heterocycles. The van der Waals surface area contributed by atoms with Gasteiger partial charge in [-0.2, -0.15) is 14.9 Å². The molecule has 0 spiro atoms. The number of aromatic nitrogens is 3. The topological polar surface area (TPSA) is 95.7 Å². The zero-order valence-electron chi connectivity index (χ0n) is 12.7. The molecule has 0 fully saturated rings. The van der Waals surface area contributed by atoms with Crippen molar-refractivity contribution in [2.45, 2.75) is 0 Å². The van der Waals surface area contributed by atoms with E-state index >= 15 is 0 Å². The molecule has 3 N–H and O–H groups in total. The van der Waals surface area contributed by atoms with Gasteiger partial charge in [0, 0.05) is 17.2 Å². The number of rotatable bonds is 4. The van der Waals surface area contributed by atoms with Crippen LogP contribution >= 0.6 is 12.2 Å². The zero-order chi connectivity index (χ0) is 17.1.